The fraction of sp³-hybridized carbons (Fsp3) is 0.333. The zero-order valence-corrected chi connectivity index (χ0v) is 17.1. The molecule has 32 heavy (non-hydrogen) atoms. The normalized spacial score (nSPS) is 17.3. The summed E-state index contributed by atoms with van der Waals surface area (Å²) in [5, 5.41) is -0.104. The van der Waals surface area contributed by atoms with Gasteiger partial charge >= 0.3 is 30.0 Å². The second-order valence-electron chi connectivity index (χ2n) is 7.49. The molecule has 0 saturated carbocycles. The summed E-state index contributed by atoms with van der Waals surface area (Å²) in [7, 11) is 1.39. The van der Waals surface area contributed by atoms with E-state index in [1.807, 2.05) is 0 Å². The predicted octanol–water partition coefficient (Wildman–Crippen LogP) is 5.49. The third kappa shape index (κ3) is 3.13. The van der Waals surface area contributed by atoms with Gasteiger partial charge in [-0.2, -0.15) is 30.7 Å². The van der Waals surface area contributed by atoms with Crippen molar-refractivity contribution in [3.8, 4) is 0 Å². The number of para-hydroxylation sites is 1. The Morgan fingerprint density at radius 1 is 0.906 bits per heavy atom. The molecular formula is C21H16F7NO3. The molecule has 1 saturated heterocycles. The van der Waals surface area contributed by atoms with Gasteiger partial charge in [0.15, 0.2) is 0 Å². The first-order chi connectivity index (χ1) is 14.6. The summed E-state index contributed by atoms with van der Waals surface area (Å²) in [6.07, 6.45) is -6.65. The van der Waals surface area contributed by atoms with Crippen molar-refractivity contribution in [2.75, 3.05) is 0 Å². The lowest BCUT2D eigenvalue weighted by Gasteiger charge is -2.31. The topological polar surface area (TPSA) is 48.3 Å². The van der Waals surface area contributed by atoms with Crippen LogP contribution in [0.3, 0.4) is 0 Å². The number of esters is 2. The number of allylic oxidation sites excluding steroid dienone is 2. The van der Waals surface area contributed by atoms with Crippen LogP contribution < -0.4 is 0 Å². The molecule has 172 valence electrons. The van der Waals surface area contributed by atoms with Gasteiger partial charge in [0.2, 0.25) is 0 Å². The minimum Gasteiger partial charge on any atom is -0.386 e. The minimum absolute atomic E-state index is 0.0719. The highest BCUT2D eigenvalue weighted by atomic mass is 19.4. The summed E-state index contributed by atoms with van der Waals surface area (Å²) in [6.45, 7) is 3.65. The molecule has 2 aromatic rings. The maximum absolute atomic E-state index is 15.3. The van der Waals surface area contributed by atoms with Gasteiger partial charge in [-0.3, -0.25) is 0 Å². The summed E-state index contributed by atoms with van der Waals surface area (Å²) in [6, 6.07) is 5.56. The van der Waals surface area contributed by atoms with Gasteiger partial charge in [-0.05, 0) is 26.8 Å². The Kier molecular flexibility index (Phi) is 5.31. The number of aromatic nitrogens is 1. The molecule has 3 rings (SSSR count). The molecule has 0 amide bonds. The quantitative estimate of drug-likeness (QED) is 0.262. The molecule has 4 nitrogen and oxygen atoms in total. The first kappa shape index (κ1) is 23.6. The van der Waals surface area contributed by atoms with Gasteiger partial charge in [0.05, 0.1) is 16.7 Å². The predicted molar refractivity (Wildman–Crippen MR) is 100.0 cm³/mol. The Balaban J connectivity index is 2.61. The third-order valence-electron chi connectivity index (χ3n) is 5.31. The summed E-state index contributed by atoms with van der Waals surface area (Å²) in [5.74, 6) is -15.6. The summed E-state index contributed by atoms with van der Waals surface area (Å²) >= 11 is 0. The van der Waals surface area contributed by atoms with Gasteiger partial charge in [-0.15, -0.1) is 0 Å². The summed E-state index contributed by atoms with van der Waals surface area (Å²) in [4.78, 5) is 24.5. The second-order valence-corrected chi connectivity index (χ2v) is 7.49. The van der Waals surface area contributed by atoms with Crippen LogP contribution in [-0.2, 0) is 21.4 Å². The molecular weight excluding hydrogens is 447 g/mol. The van der Waals surface area contributed by atoms with Gasteiger partial charge in [-0.1, -0.05) is 23.8 Å². The molecule has 1 aromatic heterocycles. The average Bonchev–Trinajstić information content (AvgIpc) is 3.09. The van der Waals surface area contributed by atoms with Crippen LogP contribution in [0.2, 0.25) is 0 Å². The van der Waals surface area contributed by atoms with Crippen LogP contribution in [0.5, 0.6) is 0 Å². The number of hydrogen-bond acceptors (Lipinski definition) is 3. The van der Waals surface area contributed by atoms with Crippen LogP contribution in [0.4, 0.5) is 30.7 Å². The highest BCUT2D eigenvalue weighted by Gasteiger charge is 2.75. The second kappa shape index (κ2) is 7.21. The number of benzene rings is 1. The van der Waals surface area contributed by atoms with E-state index in [0.29, 0.717) is 0 Å². The number of nitrogens with zero attached hydrogens (tertiary/aromatic N) is 1. The number of hydrogen-bond donors (Lipinski definition) is 0. The third-order valence-corrected chi connectivity index (χ3v) is 5.31. The molecule has 0 N–H and O–H groups in total. The molecule has 11 heteroatoms. The molecule has 2 heterocycles. The summed E-state index contributed by atoms with van der Waals surface area (Å²) in [5.41, 5.74) is -4.68. The smallest absolute Gasteiger partial charge is 0.386 e. The molecule has 1 fully saturated rings. The molecule has 1 aromatic carbocycles. The van der Waals surface area contributed by atoms with Gasteiger partial charge in [0.25, 0.3) is 0 Å². The molecule has 0 aliphatic carbocycles. The van der Waals surface area contributed by atoms with E-state index in [-0.39, 0.29) is 22.2 Å². The largest absolute Gasteiger partial charge is 0.460 e. The van der Waals surface area contributed by atoms with Crippen molar-refractivity contribution < 1.29 is 45.1 Å². The van der Waals surface area contributed by atoms with Crippen LogP contribution in [0, 0.1) is 6.92 Å². The molecule has 0 atom stereocenters. The first-order valence-electron chi connectivity index (χ1n) is 9.11. The van der Waals surface area contributed by atoms with Crippen LogP contribution >= 0.6 is 0 Å². The molecule has 0 unspecified atom stereocenters. The number of fused-ring (bicyclic) bond motifs is 1. The van der Waals surface area contributed by atoms with Crippen molar-refractivity contribution in [1.29, 1.82) is 0 Å². The van der Waals surface area contributed by atoms with Crippen LogP contribution in [0.15, 0.2) is 41.0 Å². The lowest BCUT2D eigenvalue weighted by molar-refractivity contribution is -0.339. The van der Waals surface area contributed by atoms with E-state index in [4.69, 9.17) is 0 Å². The average molecular weight is 463 g/mol. The Bertz CT molecular complexity index is 1210. The molecule has 0 radical (unpaired) electrons. The molecule has 0 spiro atoms. The Hall–Kier alpha value is -3.11. The Morgan fingerprint density at radius 3 is 1.97 bits per heavy atom. The lowest BCUT2D eigenvalue weighted by Crippen LogP contribution is -2.53. The number of rotatable bonds is 3. The fourth-order valence-electron chi connectivity index (χ4n) is 3.68. The zero-order chi connectivity index (χ0) is 24.4. The maximum Gasteiger partial charge on any atom is 0.460 e. The van der Waals surface area contributed by atoms with Crippen molar-refractivity contribution >= 4 is 28.4 Å². The van der Waals surface area contributed by atoms with E-state index < -0.39 is 52.2 Å². The van der Waals surface area contributed by atoms with Gasteiger partial charge < -0.3 is 9.30 Å². The Morgan fingerprint density at radius 2 is 1.44 bits per heavy atom. The number of carbonyl (C=O) groups excluding carboxylic acids is 2. The number of cyclic esters (lactones) is 2. The fourth-order valence-corrected chi connectivity index (χ4v) is 3.68. The SMILES string of the molecule is CC(C)=C1C(=O)OC(=O)/C1=C(/c1c(C)n(C)c2ccccc12)C(F)(F)C(F)(F)C(F)(F)F. The highest BCUT2D eigenvalue weighted by molar-refractivity contribution is 6.23. The standard InChI is InChI=1S/C21H16F7NO3/c1-9(2)13-15(18(31)32-17(13)30)16(19(22,23)20(24,25)21(26,27)28)14-10(3)29(4)12-8-6-5-7-11(12)14/h5-8H,1-4H3/b16-15-. The molecule has 1 aliphatic rings. The zero-order valence-electron chi connectivity index (χ0n) is 17.1. The highest BCUT2D eigenvalue weighted by Crippen LogP contribution is 2.56. The van der Waals surface area contributed by atoms with Crippen molar-refractivity contribution in [1.82, 2.24) is 4.57 Å². The van der Waals surface area contributed by atoms with E-state index in [1.54, 1.807) is 0 Å². The number of ether oxygens (including phenoxy) is 1. The van der Waals surface area contributed by atoms with E-state index in [1.165, 1.54) is 56.7 Å². The van der Waals surface area contributed by atoms with E-state index >= 15 is 8.78 Å². The number of alkyl halides is 7. The molecule has 1 aliphatic heterocycles. The van der Waals surface area contributed by atoms with E-state index in [0.717, 1.165) is 0 Å². The number of aryl methyl sites for hydroxylation is 1. The van der Waals surface area contributed by atoms with Crippen molar-refractivity contribution in [3.05, 3.63) is 52.2 Å². The number of halogens is 7. The van der Waals surface area contributed by atoms with Crippen molar-refractivity contribution in [2.24, 2.45) is 7.05 Å². The van der Waals surface area contributed by atoms with E-state index in [2.05, 4.69) is 4.74 Å². The van der Waals surface area contributed by atoms with Crippen molar-refractivity contribution in [2.45, 2.75) is 38.8 Å². The van der Waals surface area contributed by atoms with Crippen LogP contribution in [-0.4, -0.2) is 34.5 Å². The summed E-state index contributed by atoms with van der Waals surface area (Å²) < 4.78 is 104. The Labute approximate surface area is 176 Å². The first-order valence-corrected chi connectivity index (χ1v) is 9.11. The maximum atomic E-state index is 15.3. The van der Waals surface area contributed by atoms with E-state index in [9.17, 15) is 31.5 Å². The van der Waals surface area contributed by atoms with Gasteiger partial charge in [0.1, 0.15) is 0 Å². The monoisotopic (exact) mass is 463 g/mol. The van der Waals surface area contributed by atoms with Crippen LogP contribution in [0.1, 0.15) is 25.1 Å². The van der Waals surface area contributed by atoms with Crippen LogP contribution in [0.25, 0.3) is 16.5 Å². The lowest BCUT2D eigenvalue weighted by atomic mass is 9.85. The van der Waals surface area contributed by atoms with Gasteiger partial charge in [-0.25, -0.2) is 9.59 Å². The van der Waals surface area contributed by atoms with Gasteiger partial charge in [0, 0.05) is 29.2 Å². The molecule has 0 bridgehead atoms. The van der Waals surface area contributed by atoms with Crippen molar-refractivity contribution in [3.63, 3.8) is 0 Å². The minimum atomic E-state index is -6.65. The number of carbonyl (C=O) groups is 2.